The molecule has 4 heterocycles. The first-order chi connectivity index (χ1) is 14.5. The number of anilines is 1. The maximum Gasteiger partial charge on any atom is 0.311 e. The highest BCUT2D eigenvalue weighted by atomic mass is 32.2. The van der Waals surface area contributed by atoms with Crippen LogP contribution in [0.1, 0.15) is 53.9 Å². The van der Waals surface area contributed by atoms with E-state index in [0.29, 0.717) is 32.6 Å². The number of amides is 1. The quantitative estimate of drug-likeness (QED) is 0.781. The van der Waals surface area contributed by atoms with E-state index < -0.39 is 15.3 Å². The van der Waals surface area contributed by atoms with Crippen LogP contribution in [0.15, 0.2) is 28.7 Å². The van der Waals surface area contributed by atoms with Gasteiger partial charge >= 0.3 is 11.8 Å². The molecule has 1 aromatic heterocycles. The molecule has 2 saturated heterocycles. The maximum absolute atomic E-state index is 13.4. The van der Waals surface area contributed by atoms with Gasteiger partial charge in [0.2, 0.25) is 15.9 Å². The molecule has 0 saturated carbocycles. The number of carbonyl (C=O) groups is 1. The number of carbonyl (C=O) groups excluding carboxylic acids is 1. The first-order valence-corrected chi connectivity index (χ1v) is 12.0. The molecule has 3 aliphatic rings. The van der Waals surface area contributed by atoms with Crippen molar-refractivity contribution in [3.05, 3.63) is 41.6 Å². The van der Waals surface area contributed by atoms with Crippen molar-refractivity contribution in [3.63, 3.8) is 0 Å². The summed E-state index contributed by atoms with van der Waals surface area (Å²) >= 11 is 0. The van der Waals surface area contributed by atoms with Crippen molar-refractivity contribution >= 4 is 21.6 Å². The molecule has 2 unspecified atom stereocenters. The zero-order valence-electron chi connectivity index (χ0n) is 16.7. The van der Waals surface area contributed by atoms with E-state index in [1.165, 1.54) is 0 Å². The van der Waals surface area contributed by atoms with Gasteiger partial charge in [0.05, 0.1) is 17.0 Å². The zero-order valence-corrected chi connectivity index (χ0v) is 17.5. The van der Waals surface area contributed by atoms with E-state index in [1.54, 1.807) is 9.21 Å². The third kappa shape index (κ3) is 3.37. The van der Waals surface area contributed by atoms with Gasteiger partial charge in [-0.1, -0.05) is 18.2 Å². The fraction of sp³-hybridized carbons (Fsp3) is 0.550. The summed E-state index contributed by atoms with van der Waals surface area (Å²) in [5.41, 5.74) is 1.85. The summed E-state index contributed by atoms with van der Waals surface area (Å²) in [6.07, 6.45) is 4.00. The summed E-state index contributed by atoms with van der Waals surface area (Å²) in [6.45, 7) is 2.21. The van der Waals surface area contributed by atoms with Gasteiger partial charge in [0.1, 0.15) is 0 Å². The Kier molecular flexibility index (Phi) is 4.98. The Labute approximate surface area is 175 Å². The van der Waals surface area contributed by atoms with Gasteiger partial charge in [-0.15, -0.1) is 10.2 Å². The maximum atomic E-state index is 13.4. The highest BCUT2D eigenvalue weighted by molar-refractivity contribution is 7.93. The molecule has 0 spiro atoms. The molecule has 9 nitrogen and oxygen atoms in total. The van der Waals surface area contributed by atoms with Gasteiger partial charge in [0, 0.05) is 26.2 Å². The Bertz CT molecular complexity index is 1050. The normalized spacial score (nSPS) is 24.3. The van der Waals surface area contributed by atoms with E-state index in [-0.39, 0.29) is 23.7 Å². The largest absolute Gasteiger partial charge is 0.415 e. The second-order valence-electron chi connectivity index (χ2n) is 8.11. The number of hydrogen-bond donors (Lipinski definition) is 1. The first kappa shape index (κ1) is 19.5. The number of benzene rings is 1. The molecule has 0 radical (unpaired) electrons. The molecule has 2 fully saturated rings. The standard InChI is InChI=1S/C20H25N5O4S/c26-20(24-9-3-4-10-24)19-23-22-18(29-19)16-12-15(13-21-16)30(27,28)25-11-5-7-14-6-1-2-8-17(14)25/h1-2,6,8,15-16,21H,3-5,7,9-13H2. The molecule has 1 amide bonds. The highest BCUT2D eigenvalue weighted by Crippen LogP contribution is 2.34. The summed E-state index contributed by atoms with van der Waals surface area (Å²) in [7, 11) is -3.53. The number of likely N-dealkylation sites (tertiary alicyclic amines) is 1. The Balaban J connectivity index is 1.31. The van der Waals surface area contributed by atoms with Crippen LogP contribution in [0.4, 0.5) is 5.69 Å². The molecule has 2 atom stereocenters. The lowest BCUT2D eigenvalue weighted by Crippen LogP contribution is -2.42. The number of aromatic nitrogens is 2. The van der Waals surface area contributed by atoms with Gasteiger partial charge in [-0.2, -0.15) is 0 Å². The Morgan fingerprint density at radius 2 is 1.90 bits per heavy atom. The summed E-state index contributed by atoms with van der Waals surface area (Å²) < 4.78 is 33.9. The number of para-hydroxylation sites is 1. The molecule has 160 valence electrons. The fourth-order valence-corrected chi connectivity index (χ4v) is 6.52. The summed E-state index contributed by atoms with van der Waals surface area (Å²) in [5.74, 6) is -0.00222. The van der Waals surface area contributed by atoms with Crippen molar-refractivity contribution in [1.82, 2.24) is 20.4 Å². The molecule has 10 heteroatoms. The molecule has 0 aliphatic carbocycles. The lowest BCUT2D eigenvalue weighted by atomic mass is 10.0. The number of aryl methyl sites for hydroxylation is 1. The van der Waals surface area contributed by atoms with E-state index in [4.69, 9.17) is 4.42 Å². The number of sulfonamides is 1. The molecule has 1 N–H and O–H groups in total. The third-order valence-electron chi connectivity index (χ3n) is 6.20. The minimum absolute atomic E-state index is 0.0232. The van der Waals surface area contributed by atoms with Crippen LogP contribution in [0.2, 0.25) is 0 Å². The van der Waals surface area contributed by atoms with Crippen molar-refractivity contribution in [1.29, 1.82) is 0 Å². The molecule has 1 aromatic carbocycles. The lowest BCUT2D eigenvalue weighted by Gasteiger charge is -2.32. The summed E-state index contributed by atoms with van der Waals surface area (Å²) in [5, 5.41) is 10.5. The van der Waals surface area contributed by atoms with Gasteiger partial charge in [0.15, 0.2) is 0 Å². The zero-order chi connectivity index (χ0) is 20.7. The van der Waals surface area contributed by atoms with Crippen LogP contribution < -0.4 is 9.62 Å². The Morgan fingerprint density at radius 3 is 2.73 bits per heavy atom. The van der Waals surface area contributed by atoms with Crippen LogP contribution in [-0.2, 0) is 16.4 Å². The number of nitrogens with zero attached hydrogens (tertiary/aromatic N) is 4. The predicted molar refractivity (Wildman–Crippen MR) is 110 cm³/mol. The van der Waals surface area contributed by atoms with Gasteiger partial charge < -0.3 is 14.6 Å². The molecule has 5 rings (SSSR count). The van der Waals surface area contributed by atoms with Gasteiger partial charge in [0.25, 0.3) is 0 Å². The minimum Gasteiger partial charge on any atom is -0.415 e. The Morgan fingerprint density at radius 1 is 1.10 bits per heavy atom. The van der Waals surface area contributed by atoms with Crippen molar-refractivity contribution < 1.29 is 17.6 Å². The second kappa shape index (κ2) is 7.66. The molecule has 3 aliphatic heterocycles. The summed E-state index contributed by atoms with van der Waals surface area (Å²) in [4.78, 5) is 14.1. The van der Waals surface area contributed by atoms with Crippen LogP contribution in [0, 0.1) is 0 Å². The van der Waals surface area contributed by atoms with E-state index in [9.17, 15) is 13.2 Å². The van der Waals surface area contributed by atoms with E-state index in [2.05, 4.69) is 15.5 Å². The molecule has 0 bridgehead atoms. The SMILES string of the molecule is O=C(c1nnc(C2CC(S(=O)(=O)N3CCCc4ccccc43)CN2)o1)N1CCCC1. The number of hydrogen-bond acceptors (Lipinski definition) is 7. The van der Waals surface area contributed by atoms with Crippen molar-refractivity contribution in [2.75, 3.05) is 30.5 Å². The van der Waals surface area contributed by atoms with E-state index in [0.717, 1.165) is 36.9 Å². The summed E-state index contributed by atoms with van der Waals surface area (Å²) in [6, 6.07) is 7.31. The predicted octanol–water partition coefficient (Wildman–Crippen LogP) is 1.49. The van der Waals surface area contributed by atoms with Crippen LogP contribution in [0.5, 0.6) is 0 Å². The number of rotatable bonds is 4. The van der Waals surface area contributed by atoms with Crippen LogP contribution in [-0.4, -0.2) is 60.9 Å². The van der Waals surface area contributed by atoms with Crippen LogP contribution in [0.25, 0.3) is 0 Å². The van der Waals surface area contributed by atoms with Crippen LogP contribution >= 0.6 is 0 Å². The average molecular weight is 432 g/mol. The number of fused-ring (bicyclic) bond motifs is 1. The minimum atomic E-state index is -3.53. The van der Waals surface area contributed by atoms with Crippen LogP contribution in [0.3, 0.4) is 0 Å². The third-order valence-corrected chi connectivity index (χ3v) is 8.40. The number of nitrogens with one attached hydrogen (secondary N) is 1. The lowest BCUT2D eigenvalue weighted by molar-refractivity contribution is 0.0750. The topological polar surface area (TPSA) is 109 Å². The van der Waals surface area contributed by atoms with Crippen molar-refractivity contribution in [3.8, 4) is 0 Å². The fourth-order valence-electron chi connectivity index (χ4n) is 4.58. The van der Waals surface area contributed by atoms with Gasteiger partial charge in [-0.25, -0.2) is 8.42 Å². The monoisotopic (exact) mass is 431 g/mol. The van der Waals surface area contributed by atoms with Gasteiger partial charge in [-0.05, 0) is 43.7 Å². The highest BCUT2D eigenvalue weighted by Gasteiger charge is 2.41. The molecule has 2 aromatic rings. The smallest absolute Gasteiger partial charge is 0.311 e. The first-order valence-electron chi connectivity index (χ1n) is 10.5. The molecular formula is C20H25N5O4S. The molecular weight excluding hydrogens is 406 g/mol. The second-order valence-corrected chi connectivity index (χ2v) is 10.3. The molecule has 30 heavy (non-hydrogen) atoms. The van der Waals surface area contributed by atoms with Crippen molar-refractivity contribution in [2.45, 2.75) is 43.4 Å². The Hall–Kier alpha value is -2.46. The van der Waals surface area contributed by atoms with E-state index in [1.807, 2.05) is 24.3 Å². The van der Waals surface area contributed by atoms with Gasteiger partial charge in [-0.3, -0.25) is 9.10 Å². The van der Waals surface area contributed by atoms with E-state index >= 15 is 0 Å². The van der Waals surface area contributed by atoms with Crippen molar-refractivity contribution in [2.24, 2.45) is 0 Å². The average Bonchev–Trinajstić information content (AvgIpc) is 3.54.